The molecule has 1 heterocycles. The fourth-order valence-electron chi connectivity index (χ4n) is 4.25. The third kappa shape index (κ3) is 6.44. The van der Waals surface area contributed by atoms with Gasteiger partial charge in [-0.2, -0.15) is 0 Å². The molecule has 0 atom stereocenters. The van der Waals surface area contributed by atoms with Gasteiger partial charge in [0.2, 0.25) is 10.0 Å². The molecule has 1 N–H and O–H groups in total. The van der Waals surface area contributed by atoms with E-state index in [2.05, 4.69) is 5.32 Å². The second kappa shape index (κ2) is 11.5. The van der Waals surface area contributed by atoms with Crippen LogP contribution in [0.4, 0.5) is 11.4 Å². The largest absolute Gasteiger partial charge is 0.339 e. The number of piperidine rings is 1. The van der Waals surface area contributed by atoms with Gasteiger partial charge in [-0.1, -0.05) is 41.4 Å². The molecule has 0 aromatic heterocycles. The Bertz CT molecular complexity index is 1390. The number of halogens is 2. The van der Waals surface area contributed by atoms with Crippen LogP contribution in [0.5, 0.6) is 0 Å². The first-order valence-corrected chi connectivity index (χ1v) is 14.5. The fraction of sp³-hybridized carbons (Fsp3) is 0.259. The number of likely N-dealkylation sites (tertiary alicyclic amines) is 1. The van der Waals surface area contributed by atoms with Crippen molar-refractivity contribution in [3.8, 4) is 0 Å². The second-order valence-electron chi connectivity index (χ2n) is 8.87. The van der Waals surface area contributed by atoms with Gasteiger partial charge in [-0.15, -0.1) is 0 Å². The summed E-state index contributed by atoms with van der Waals surface area (Å²) in [5.74, 6) is -0.515. The lowest BCUT2D eigenvalue weighted by molar-refractivity contribution is 0.0725. The van der Waals surface area contributed by atoms with Crippen LogP contribution in [0.3, 0.4) is 0 Å². The maximum atomic E-state index is 13.0. The van der Waals surface area contributed by atoms with Gasteiger partial charge < -0.3 is 10.2 Å². The van der Waals surface area contributed by atoms with Crippen LogP contribution in [-0.4, -0.2) is 44.5 Å². The molecule has 10 heteroatoms. The van der Waals surface area contributed by atoms with Crippen LogP contribution in [0.25, 0.3) is 0 Å². The van der Waals surface area contributed by atoms with Crippen molar-refractivity contribution < 1.29 is 18.0 Å². The van der Waals surface area contributed by atoms with Crippen LogP contribution < -0.4 is 9.62 Å². The molecule has 1 aliphatic rings. The third-order valence-electron chi connectivity index (χ3n) is 6.23. The molecule has 3 aromatic carbocycles. The average molecular weight is 561 g/mol. The van der Waals surface area contributed by atoms with Gasteiger partial charge >= 0.3 is 0 Å². The first kappa shape index (κ1) is 27.0. The van der Waals surface area contributed by atoms with Gasteiger partial charge in [-0.3, -0.25) is 13.9 Å². The number of sulfonamides is 1. The van der Waals surface area contributed by atoms with Gasteiger partial charge in [-0.05, 0) is 67.8 Å². The summed E-state index contributed by atoms with van der Waals surface area (Å²) < 4.78 is 26.3. The summed E-state index contributed by atoms with van der Waals surface area (Å²) in [6.45, 7) is 1.35. The van der Waals surface area contributed by atoms with Crippen molar-refractivity contribution in [2.24, 2.45) is 0 Å². The van der Waals surface area contributed by atoms with Crippen LogP contribution in [0.1, 0.15) is 45.5 Å². The molecule has 0 radical (unpaired) electrons. The Morgan fingerprint density at radius 1 is 0.892 bits per heavy atom. The Morgan fingerprint density at radius 2 is 1.51 bits per heavy atom. The molecule has 0 unspecified atom stereocenters. The normalized spacial score (nSPS) is 13.8. The van der Waals surface area contributed by atoms with Crippen molar-refractivity contribution in [2.45, 2.75) is 25.8 Å². The van der Waals surface area contributed by atoms with Crippen molar-refractivity contribution in [2.75, 3.05) is 29.0 Å². The average Bonchev–Trinajstić information content (AvgIpc) is 2.88. The zero-order chi connectivity index (χ0) is 26.6. The lowest BCUT2D eigenvalue weighted by atomic mass is 10.1. The number of rotatable bonds is 7. The summed E-state index contributed by atoms with van der Waals surface area (Å²) >= 11 is 12.5. The Kier molecular flexibility index (Phi) is 8.42. The van der Waals surface area contributed by atoms with Gasteiger partial charge in [-0.25, -0.2) is 8.42 Å². The molecule has 0 aliphatic carbocycles. The van der Waals surface area contributed by atoms with E-state index in [0.29, 0.717) is 51.2 Å². The quantitative estimate of drug-likeness (QED) is 0.394. The van der Waals surface area contributed by atoms with Crippen molar-refractivity contribution >= 4 is 56.4 Å². The molecule has 2 amide bonds. The molecular formula is C27H27Cl2N3O4S. The second-order valence-corrected chi connectivity index (χ2v) is 11.6. The Labute approximate surface area is 227 Å². The fourth-order valence-corrected chi connectivity index (χ4v) is 5.63. The molecule has 0 spiro atoms. The summed E-state index contributed by atoms with van der Waals surface area (Å²) in [5, 5.41) is 3.54. The lowest BCUT2D eigenvalue weighted by Crippen LogP contribution is -2.36. The van der Waals surface area contributed by atoms with E-state index in [1.165, 1.54) is 16.4 Å². The maximum absolute atomic E-state index is 13.0. The molecule has 4 rings (SSSR count). The van der Waals surface area contributed by atoms with Crippen molar-refractivity contribution in [3.05, 3.63) is 93.5 Å². The van der Waals surface area contributed by atoms with Gasteiger partial charge in [0, 0.05) is 34.3 Å². The molecule has 1 aliphatic heterocycles. The van der Waals surface area contributed by atoms with Gasteiger partial charge in [0.15, 0.2) is 0 Å². The molecule has 1 saturated heterocycles. The summed E-state index contributed by atoms with van der Waals surface area (Å²) in [6.07, 6.45) is 4.15. The standard InChI is InChI=1S/C27H27Cl2N3O4S/c1-37(35,36)32(18-22-23(28)9-7-10-24(22)29)20-14-12-19(13-15-20)26(33)30-25-11-4-3-8-21(25)27(34)31-16-5-2-6-17-31/h3-4,7-15H,2,5-6,16-18H2,1H3,(H,30,33). The van der Waals surface area contributed by atoms with Crippen LogP contribution in [0.2, 0.25) is 10.0 Å². The van der Waals surface area contributed by atoms with Crippen molar-refractivity contribution in [3.63, 3.8) is 0 Å². The monoisotopic (exact) mass is 559 g/mol. The van der Waals surface area contributed by atoms with Crippen LogP contribution in [-0.2, 0) is 16.6 Å². The number of carbonyl (C=O) groups excluding carboxylic acids is 2. The van der Waals surface area contributed by atoms with E-state index in [1.807, 2.05) is 4.90 Å². The molecule has 3 aromatic rings. The van der Waals surface area contributed by atoms with Gasteiger partial charge in [0.05, 0.1) is 29.7 Å². The zero-order valence-corrected chi connectivity index (χ0v) is 22.6. The van der Waals surface area contributed by atoms with E-state index in [4.69, 9.17) is 23.2 Å². The summed E-state index contributed by atoms with van der Waals surface area (Å²) in [4.78, 5) is 27.9. The van der Waals surface area contributed by atoms with Crippen LogP contribution >= 0.6 is 23.2 Å². The highest BCUT2D eigenvalue weighted by Crippen LogP contribution is 2.29. The van der Waals surface area contributed by atoms with E-state index in [1.54, 1.807) is 54.6 Å². The SMILES string of the molecule is CS(=O)(=O)N(Cc1c(Cl)cccc1Cl)c1ccc(C(=O)Nc2ccccc2C(=O)N2CCCCC2)cc1. The van der Waals surface area contributed by atoms with Crippen LogP contribution in [0, 0.1) is 0 Å². The number of para-hydroxylation sites is 1. The van der Waals surface area contributed by atoms with Gasteiger partial charge in [0.1, 0.15) is 0 Å². The van der Waals surface area contributed by atoms with Crippen LogP contribution in [0.15, 0.2) is 66.7 Å². The number of amides is 2. The minimum absolute atomic E-state index is 0.0606. The highest BCUT2D eigenvalue weighted by Gasteiger charge is 2.23. The molecule has 1 fully saturated rings. The number of anilines is 2. The number of benzene rings is 3. The number of hydrogen-bond acceptors (Lipinski definition) is 4. The van der Waals surface area contributed by atoms with Crippen molar-refractivity contribution in [1.82, 2.24) is 4.90 Å². The Balaban J connectivity index is 1.54. The smallest absolute Gasteiger partial charge is 0.255 e. The molecule has 7 nitrogen and oxygen atoms in total. The first-order chi connectivity index (χ1) is 17.6. The number of carbonyl (C=O) groups is 2. The third-order valence-corrected chi connectivity index (χ3v) is 8.08. The van der Waals surface area contributed by atoms with E-state index in [0.717, 1.165) is 25.5 Å². The summed E-state index contributed by atoms with van der Waals surface area (Å²) in [6, 6.07) is 18.1. The number of hydrogen-bond donors (Lipinski definition) is 1. The number of nitrogens with one attached hydrogen (secondary N) is 1. The predicted octanol–water partition coefficient (Wildman–Crippen LogP) is 5.84. The van der Waals surface area contributed by atoms with E-state index >= 15 is 0 Å². The van der Waals surface area contributed by atoms with Crippen molar-refractivity contribution in [1.29, 1.82) is 0 Å². The molecule has 0 bridgehead atoms. The number of nitrogens with zero attached hydrogens (tertiary/aromatic N) is 2. The maximum Gasteiger partial charge on any atom is 0.255 e. The Morgan fingerprint density at radius 3 is 2.14 bits per heavy atom. The molecule has 0 saturated carbocycles. The zero-order valence-electron chi connectivity index (χ0n) is 20.3. The minimum Gasteiger partial charge on any atom is -0.339 e. The molecule has 37 heavy (non-hydrogen) atoms. The van der Waals surface area contributed by atoms with E-state index in [-0.39, 0.29) is 12.5 Å². The topological polar surface area (TPSA) is 86.8 Å². The minimum atomic E-state index is -3.68. The Hall–Kier alpha value is -3.07. The predicted molar refractivity (Wildman–Crippen MR) is 148 cm³/mol. The summed E-state index contributed by atoms with van der Waals surface area (Å²) in [5.41, 5.74) is 2.02. The van der Waals surface area contributed by atoms with E-state index in [9.17, 15) is 18.0 Å². The lowest BCUT2D eigenvalue weighted by Gasteiger charge is -2.27. The van der Waals surface area contributed by atoms with Gasteiger partial charge in [0.25, 0.3) is 11.8 Å². The summed E-state index contributed by atoms with van der Waals surface area (Å²) in [7, 11) is -3.68. The highest BCUT2D eigenvalue weighted by atomic mass is 35.5. The molecular weight excluding hydrogens is 533 g/mol. The molecule has 194 valence electrons. The first-order valence-electron chi connectivity index (χ1n) is 11.9. The van der Waals surface area contributed by atoms with E-state index < -0.39 is 15.9 Å². The highest BCUT2D eigenvalue weighted by molar-refractivity contribution is 7.92.